The smallest absolute Gasteiger partial charge is 0.305 e. The Morgan fingerprint density at radius 1 is 1.42 bits per heavy atom. The maximum absolute atomic E-state index is 11.7. The molecule has 0 fully saturated rings. The standard InChI is InChI=1S/C12H20N4O3/c1-4-19-9(17)6-5-7-13-12(18)11-14-10(8(2)3)15-16-11/h8H,4-7H2,1-3H3,(H,13,18)(H,14,15,16). The number of aromatic amines is 1. The van der Waals surface area contributed by atoms with Crippen molar-refractivity contribution in [3.8, 4) is 0 Å². The van der Waals surface area contributed by atoms with Crippen LogP contribution in [0.3, 0.4) is 0 Å². The van der Waals surface area contributed by atoms with E-state index in [4.69, 9.17) is 4.74 Å². The summed E-state index contributed by atoms with van der Waals surface area (Å²) >= 11 is 0. The molecule has 0 aliphatic carbocycles. The lowest BCUT2D eigenvalue weighted by molar-refractivity contribution is -0.143. The van der Waals surface area contributed by atoms with Gasteiger partial charge in [0.25, 0.3) is 5.91 Å². The first-order valence-corrected chi connectivity index (χ1v) is 6.40. The van der Waals surface area contributed by atoms with Crippen molar-refractivity contribution in [1.82, 2.24) is 20.5 Å². The highest BCUT2D eigenvalue weighted by atomic mass is 16.5. The van der Waals surface area contributed by atoms with Crippen molar-refractivity contribution in [1.29, 1.82) is 0 Å². The van der Waals surface area contributed by atoms with Crippen molar-refractivity contribution in [3.63, 3.8) is 0 Å². The minimum Gasteiger partial charge on any atom is -0.466 e. The Balaban J connectivity index is 2.29. The number of nitrogens with zero attached hydrogens (tertiary/aromatic N) is 2. The zero-order chi connectivity index (χ0) is 14.3. The molecule has 7 nitrogen and oxygen atoms in total. The molecule has 0 spiro atoms. The summed E-state index contributed by atoms with van der Waals surface area (Å²) in [6.45, 7) is 6.45. The highest BCUT2D eigenvalue weighted by Gasteiger charge is 2.13. The Morgan fingerprint density at radius 3 is 2.74 bits per heavy atom. The van der Waals surface area contributed by atoms with E-state index in [-0.39, 0.29) is 23.6 Å². The Labute approximate surface area is 112 Å². The van der Waals surface area contributed by atoms with Crippen LogP contribution in [0.15, 0.2) is 0 Å². The van der Waals surface area contributed by atoms with Crippen LogP contribution in [-0.4, -0.2) is 40.2 Å². The van der Waals surface area contributed by atoms with Crippen molar-refractivity contribution in [2.45, 2.75) is 39.5 Å². The van der Waals surface area contributed by atoms with Crippen molar-refractivity contribution >= 4 is 11.9 Å². The van der Waals surface area contributed by atoms with E-state index in [0.717, 1.165) is 0 Å². The number of carbonyl (C=O) groups is 2. The van der Waals surface area contributed by atoms with E-state index < -0.39 is 0 Å². The van der Waals surface area contributed by atoms with Gasteiger partial charge in [0.2, 0.25) is 5.82 Å². The van der Waals surface area contributed by atoms with Crippen LogP contribution in [0.2, 0.25) is 0 Å². The maximum Gasteiger partial charge on any atom is 0.305 e. The Kier molecular flexibility index (Phi) is 5.98. The average molecular weight is 268 g/mol. The summed E-state index contributed by atoms with van der Waals surface area (Å²) in [7, 11) is 0. The molecular formula is C12H20N4O3. The van der Waals surface area contributed by atoms with Crippen LogP contribution in [0.25, 0.3) is 0 Å². The van der Waals surface area contributed by atoms with E-state index in [2.05, 4.69) is 20.5 Å². The second kappa shape index (κ2) is 7.50. The molecule has 19 heavy (non-hydrogen) atoms. The molecule has 0 aromatic carbocycles. The zero-order valence-electron chi connectivity index (χ0n) is 11.5. The normalized spacial score (nSPS) is 10.5. The third-order valence-corrected chi connectivity index (χ3v) is 2.40. The summed E-state index contributed by atoms with van der Waals surface area (Å²) in [6, 6.07) is 0. The minimum absolute atomic E-state index is 0.125. The Bertz CT molecular complexity index is 428. The number of amides is 1. The highest BCUT2D eigenvalue weighted by Crippen LogP contribution is 2.07. The molecule has 1 amide bonds. The summed E-state index contributed by atoms with van der Waals surface area (Å²) in [4.78, 5) is 26.8. The van der Waals surface area contributed by atoms with E-state index in [1.54, 1.807) is 6.92 Å². The van der Waals surface area contributed by atoms with Gasteiger partial charge in [-0.3, -0.25) is 14.7 Å². The largest absolute Gasteiger partial charge is 0.466 e. The second-order valence-corrected chi connectivity index (χ2v) is 4.36. The van der Waals surface area contributed by atoms with E-state index in [0.29, 0.717) is 31.8 Å². The Hall–Kier alpha value is -1.92. The molecule has 2 N–H and O–H groups in total. The number of nitrogens with one attached hydrogen (secondary N) is 2. The summed E-state index contributed by atoms with van der Waals surface area (Å²) in [5, 5.41) is 9.21. The van der Waals surface area contributed by atoms with E-state index >= 15 is 0 Å². The van der Waals surface area contributed by atoms with Crippen molar-refractivity contribution in [2.75, 3.05) is 13.2 Å². The summed E-state index contributed by atoms with van der Waals surface area (Å²) < 4.78 is 4.78. The predicted molar refractivity (Wildman–Crippen MR) is 68.7 cm³/mol. The molecule has 1 aromatic rings. The lowest BCUT2D eigenvalue weighted by Crippen LogP contribution is -2.26. The molecule has 0 saturated carbocycles. The van der Waals surface area contributed by atoms with Gasteiger partial charge in [0, 0.05) is 18.9 Å². The lowest BCUT2D eigenvalue weighted by Gasteiger charge is -2.02. The number of ether oxygens (including phenoxy) is 1. The Morgan fingerprint density at radius 2 is 2.16 bits per heavy atom. The number of H-pyrrole nitrogens is 1. The molecule has 0 atom stereocenters. The molecule has 7 heteroatoms. The fourth-order valence-electron chi connectivity index (χ4n) is 1.38. The van der Waals surface area contributed by atoms with E-state index in [1.807, 2.05) is 13.8 Å². The first kappa shape index (κ1) is 15.1. The fraction of sp³-hybridized carbons (Fsp3) is 0.667. The lowest BCUT2D eigenvalue weighted by atomic mass is 10.2. The summed E-state index contributed by atoms with van der Waals surface area (Å²) in [5.74, 6) is 0.401. The second-order valence-electron chi connectivity index (χ2n) is 4.36. The van der Waals surface area contributed by atoms with Gasteiger partial charge in [0.05, 0.1) is 6.61 Å². The molecule has 0 radical (unpaired) electrons. The quantitative estimate of drug-likeness (QED) is 0.568. The van der Waals surface area contributed by atoms with Crippen molar-refractivity contribution in [3.05, 3.63) is 11.6 Å². The molecule has 0 aliphatic rings. The van der Waals surface area contributed by atoms with Crippen molar-refractivity contribution in [2.24, 2.45) is 0 Å². The molecule has 1 aromatic heterocycles. The molecule has 0 saturated heterocycles. The number of hydrogen-bond donors (Lipinski definition) is 2. The van der Waals surface area contributed by atoms with Crippen LogP contribution >= 0.6 is 0 Å². The van der Waals surface area contributed by atoms with Gasteiger partial charge >= 0.3 is 5.97 Å². The predicted octanol–water partition coefficient (Wildman–Crippen LogP) is 1.00. The van der Waals surface area contributed by atoms with Gasteiger partial charge in [-0.25, -0.2) is 4.98 Å². The number of esters is 1. The van der Waals surface area contributed by atoms with Crippen LogP contribution in [0.1, 0.15) is 56.0 Å². The molecule has 106 valence electrons. The molecule has 0 bridgehead atoms. The first-order chi connectivity index (χ1) is 9.04. The monoisotopic (exact) mass is 268 g/mol. The van der Waals surface area contributed by atoms with Gasteiger partial charge in [-0.2, -0.15) is 0 Å². The van der Waals surface area contributed by atoms with Crippen LogP contribution < -0.4 is 5.32 Å². The summed E-state index contributed by atoms with van der Waals surface area (Å²) in [6.07, 6.45) is 0.825. The van der Waals surface area contributed by atoms with Gasteiger partial charge in [0.15, 0.2) is 0 Å². The molecule has 1 heterocycles. The molecule has 0 unspecified atom stereocenters. The highest BCUT2D eigenvalue weighted by molar-refractivity contribution is 5.90. The van der Waals surface area contributed by atoms with Crippen LogP contribution in [0, 0.1) is 0 Å². The zero-order valence-corrected chi connectivity index (χ0v) is 11.5. The van der Waals surface area contributed by atoms with Crippen LogP contribution in [-0.2, 0) is 9.53 Å². The maximum atomic E-state index is 11.7. The average Bonchev–Trinajstić information content (AvgIpc) is 2.84. The SMILES string of the molecule is CCOC(=O)CCCNC(=O)c1n[nH]c(C(C)C)n1. The number of aromatic nitrogens is 3. The van der Waals surface area contributed by atoms with Crippen molar-refractivity contribution < 1.29 is 14.3 Å². The third-order valence-electron chi connectivity index (χ3n) is 2.40. The van der Waals surface area contributed by atoms with Crippen LogP contribution in [0.5, 0.6) is 0 Å². The number of hydrogen-bond acceptors (Lipinski definition) is 5. The van der Waals surface area contributed by atoms with Gasteiger partial charge in [-0.05, 0) is 13.3 Å². The van der Waals surface area contributed by atoms with Crippen LogP contribution in [0.4, 0.5) is 0 Å². The number of rotatable bonds is 7. The van der Waals surface area contributed by atoms with Gasteiger partial charge in [-0.15, -0.1) is 5.10 Å². The minimum atomic E-state index is -0.341. The number of carbonyl (C=O) groups excluding carboxylic acids is 2. The van der Waals surface area contributed by atoms with Gasteiger partial charge in [-0.1, -0.05) is 13.8 Å². The topological polar surface area (TPSA) is 97.0 Å². The van der Waals surface area contributed by atoms with Gasteiger partial charge < -0.3 is 10.1 Å². The molecule has 0 aliphatic heterocycles. The van der Waals surface area contributed by atoms with Gasteiger partial charge in [0.1, 0.15) is 5.82 Å². The fourth-order valence-corrected chi connectivity index (χ4v) is 1.38. The molecular weight excluding hydrogens is 248 g/mol. The first-order valence-electron chi connectivity index (χ1n) is 6.40. The third kappa shape index (κ3) is 5.07. The summed E-state index contributed by atoms with van der Waals surface area (Å²) in [5.41, 5.74) is 0. The van der Waals surface area contributed by atoms with E-state index in [1.165, 1.54) is 0 Å². The van der Waals surface area contributed by atoms with E-state index in [9.17, 15) is 9.59 Å². The molecule has 1 rings (SSSR count).